The van der Waals surface area contributed by atoms with Gasteiger partial charge in [0.2, 0.25) is 5.95 Å². The molecule has 44 heavy (non-hydrogen) atoms. The highest BCUT2D eigenvalue weighted by Gasteiger charge is 2.48. The van der Waals surface area contributed by atoms with Crippen LogP contribution in [0.2, 0.25) is 0 Å². The Bertz CT molecular complexity index is 1470. The van der Waals surface area contributed by atoms with Gasteiger partial charge in [-0.2, -0.15) is 39.5 Å². The van der Waals surface area contributed by atoms with E-state index in [2.05, 4.69) is 20.6 Å². The van der Waals surface area contributed by atoms with Crippen LogP contribution >= 0.6 is 0 Å². The molecule has 2 heterocycles. The first-order valence-electron chi connectivity index (χ1n) is 13.4. The maximum absolute atomic E-state index is 13.9. The number of halogens is 9. The zero-order chi connectivity index (χ0) is 32.2. The van der Waals surface area contributed by atoms with Crippen molar-refractivity contribution in [1.82, 2.24) is 20.6 Å². The Morgan fingerprint density at radius 1 is 0.955 bits per heavy atom. The van der Waals surface area contributed by atoms with Crippen molar-refractivity contribution >= 4 is 17.7 Å². The fraction of sp³-hybridized carbons (Fsp3) is 0.481. The fourth-order valence-electron chi connectivity index (χ4n) is 5.44. The Balaban J connectivity index is 1.67. The van der Waals surface area contributed by atoms with Crippen LogP contribution in [0, 0.1) is 5.92 Å². The van der Waals surface area contributed by atoms with Gasteiger partial charge in [-0.1, -0.05) is 5.10 Å². The summed E-state index contributed by atoms with van der Waals surface area (Å²) in [6.07, 6.45) is -15.1. The molecule has 8 nitrogen and oxygen atoms in total. The summed E-state index contributed by atoms with van der Waals surface area (Å²) in [5.74, 6) is -0.287. The monoisotopic (exact) mass is 636 g/mol. The number of anilines is 2. The van der Waals surface area contributed by atoms with E-state index < -0.39 is 71.6 Å². The molecule has 0 radical (unpaired) electrons. The molecule has 5 rings (SSSR count). The highest BCUT2D eigenvalue weighted by Crippen LogP contribution is 2.50. The molecule has 1 aromatic heterocycles. The molecule has 238 valence electrons. The van der Waals surface area contributed by atoms with Crippen molar-refractivity contribution in [3.8, 4) is 0 Å². The normalized spacial score (nSPS) is 19.2. The number of nitrogens with one attached hydrogen (secondary N) is 1. The molecule has 0 spiro atoms. The molecule has 1 amide bonds. The number of carbonyl (C=O) groups excluding carboxylic acids is 1. The maximum atomic E-state index is 13.9. The van der Waals surface area contributed by atoms with Gasteiger partial charge in [0.25, 0.3) is 0 Å². The van der Waals surface area contributed by atoms with Gasteiger partial charge >= 0.3 is 24.6 Å². The average molecular weight is 637 g/mol. The molecular formula is C27H25F9N6O2. The average Bonchev–Trinajstić information content (AvgIpc) is 3.62. The summed E-state index contributed by atoms with van der Waals surface area (Å²) >= 11 is 0. The van der Waals surface area contributed by atoms with Crippen molar-refractivity contribution in [2.45, 2.75) is 76.4 Å². The third-order valence-corrected chi connectivity index (χ3v) is 7.45. The summed E-state index contributed by atoms with van der Waals surface area (Å²) in [5, 5.41) is 13.1. The zero-order valence-electron chi connectivity index (χ0n) is 23.1. The second-order valence-electron chi connectivity index (χ2n) is 11.0. The number of benzene rings is 2. The van der Waals surface area contributed by atoms with Crippen LogP contribution in [0.5, 0.6) is 0 Å². The zero-order valence-corrected chi connectivity index (χ0v) is 23.1. The number of amides is 1. The van der Waals surface area contributed by atoms with E-state index in [1.165, 1.54) is 9.80 Å². The number of tetrazole rings is 1. The summed E-state index contributed by atoms with van der Waals surface area (Å²) < 4.78 is 129. The van der Waals surface area contributed by atoms with E-state index in [0.717, 1.165) is 18.2 Å². The minimum absolute atomic E-state index is 0.0172. The predicted octanol–water partition coefficient (Wildman–Crippen LogP) is 7.54. The second kappa shape index (κ2) is 11.1. The molecule has 1 N–H and O–H groups in total. The van der Waals surface area contributed by atoms with Gasteiger partial charge < -0.3 is 9.64 Å². The number of H-pyrrole nitrogens is 1. The molecule has 2 aromatic carbocycles. The Morgan fingerprint density at radius 2 is 1.57 bits per heavy atom. The number of aromatic nitrogens is 4. The predicted molar refractivity (Wildman–Crippen MR) is 136 cm³/mol. The van der Waals surface area contributed by atoms with E-state index in [1.54, 1.807) is 13.8 Å². The smallest absolute Gasteiger partial charge is 0.416 e. The number of aromatic amines is 1. The highest BCUT2D eigenvalue weighted by atomic mass is 19.4. The van der Waals surface area contributed by atoms with Crippen molar-refractivity contribution in [2.24, 2.45) is 5.92 Å². The van der Waals surface area contributed by atoms with Crippen molar-refractivity contribution in [3.63, 3.8) is 0 Å². The standard InChI is InChI=1S/C27H25F9N6O2/c1-13(2)44-24(43)42-20-6-5-16(25(28,29)30)10-19(20)22(11-21(42)15-3-4-15)41(23-37-39-40-38-23)12-14-7-17(26(31,32)33)9-18(8-14)27(34,35)36/h5-10,13,15,21-22H,3-4,11-12H2,1-2H3,(H,37,38,39,40)/t21-,22-/m0/s1. The molecule has 0 unspecified atom stereocenters. The number of ether oxygens (including phenoxy) is 1. The van der Waals surface area contributed by atoms with Gasteiger partial charge in [0.15, 0.2) is 0 Å². The summed E-state index contributed by atoms with van der Waals surface area (Å²) in [5.41, 5.74) is -4.62. The number of hydrogen-bond acceptors (Lipinski definition) is 6. The number of alkyl halides is 9. The molecule has 0 bridgehead atoms. The van der Waals surface area contributed by atoms with E-state index in [-0.39, 0.29) is 35.6 Å². The van der Waals surface area contributed by atoms with Crippen molar-refractivity contribution in [2.75, 3.05) is 9.80 Å². The molecular weight excluding hydrogens is 611 g/mol. The van der Waals surface area contributed by atoms with Crippen LogP contribution in [0.25, 0.3) is 0 Å². The van der Waals surface area contributed by atoms with Gasteiger partial charge in [-0.25, -0.2) is 9.89 Å². The molecule has 1 fully saturated rings. The van der Waals surface area contributed by atoms with E-state index in [1.807, 2.05) is 0 Å². The fourth-order valence-corrected chi connectivity index (χ4v) is 5.44. The van der Waals surface area contributed by atoms with E-state index >= 15 is 0 Å². The lowest BCUT2D eigenvalue weighted by atomic mass is 9.86. The number of carbonyl (C=O) groups is 1. The van der Waals surface area contributed by atoms with Crippen LogP contribution in [0.4, 0.5) is 55.9 Å². The molecule has 1 aliphatic carbocycles. The number of hydrogen-bond donors (Lipinski definition) is 1. The second-order valence-corrected chi connectivity index (χ2v) is 11.0. The van der Waals surface area contributed by atoms with Crippen molar-refractivity contribution in [3.05, 3.63) is 64.2 Å². The molecule has 0 saturated heterocycles. The lowest BCUT2D eigenvalue weighted by molar-refractivity contribution is -0.143. The first-order valence-corrected chi connectivity index (χ1v) is 13.4. The Hall–Kier alpha value is -4.05. The van der Waals surface area contributed by atoms with Crippen LogP contribution < -0.4 is 9.80 Å². The first kappa shape index (κ1) is 31.4. The van der Waals surface area contributed by atoms with Crippen LogP contribution in [-0.2, 0) is 29.8 Å². The molecule has 17 heteroatoms. The highest BCUT2D eigenvalue weighted by molar-refractivity contribution is 5.91. The third-order valence-electron chi connectivity index (χ3n) is 7.45. The Labute approximate surface area is 244 Å². The molecule has 2 aliphatic rings. The van der Waals surface area contributed by atoms with E-state index in [9.17, 15) is 44.3 Å². The van der Waals surface area contributed by atoms with Gasteiger partial charge in [0.05, 0.1) is 34.5 Å². The van der Waals surface area contributed by atoms with Gasteiger partial charge in [-0.15, -0.1) is 0 Å². The van der Waals surface area contributed by atoms with Crippen molar-refractivity contribution in [1.29, 1.82) is 0 Å². The first-order chi connectivity index (χ1) is 20.4. The molecule has 1 saturated carbocycles. The summed E-state index contributed by atoms with van der Waals surface area (Å²) in [6.45, 7) is 2.55. The quantitative estimate of drug-likeness (QED) is 0.282. The van der Waals surface area contributed by atoms with Crippen LogP contribution in [-0.4, -0.2) is 38.9 Å². The molecule has 1 aliphatic heterocycles. The summed E-state index contributed by atoms with van der Waals surface area (Å²) in [4.78, 5) is 15.8. The third kappa shape index (κ3) is 6.55. The minimum atomic E-state index is -5.12. The molecule has 2 atom stereocenters. The number of fused-ring (bicyclic) bond motifs is 1. The van der Waals surface area contributed by atoms with E-state index in [4.69, 9.17) is 4.74 Å². The lowest BCUT2D eigenvalue weighted by Gasteiger charge is -2.44. The van der Waals surface area contributed by atoms with Gasteiger partial charge in [-0.05, 0) is 97.0 Å². The van der Waals surface area contributed by atoms with Crippen LogP contribution in [0.3, 0.4) is 0 Å². The minimum Gasteiger partial charge on any atom is -0.446 e. The van der Waals surface area contributed by atoms with Crippen molar-refractivity contribution < 1.29 is 49.0 Å². The summed E-state index contributed by atoms with van der Waals surface area (Å²) in [6, 6.07) is 2.05. The summed E-state index contributed by atoms with van der Waals surface area (Å²) in [7, 11) is 0. The van der Waals surface area contributed by atoms with Gasteiger partial charge in [0.1, 0.15) is 0 Å². The number of rotatable bonds is 6. The van der Waals surface area contributed by atoms with Crippen LogP contribution in [0.1, 0.15) is 67.0 Å². The largest absolute Gasteiger partial charge is 0.446 e. The topological polar surface area (TPSA) is 87.2 Å². The Kier molecular flexibility index (Phi) is 7.95. The van der Waals surface area contributed by atoms with Crippen LogP contribution in [0.15, 0.2) is 36.4 Å². The van der Waals surface area contributed by atoms with Gasteiger partial charge in [-0.3, -0.25) is 4.90 Å². The number of nitrogens with zero attached hydrogens (tertiary/aromatic N) is 5. The SMILES string of the molecule is CC(C)OC(=O)N1c2ccc(C(F)(F)F)cc2[C@@H](N(Cc2cc(C(F)(F)F)cc(C(F)(F)F)c2)c2nnn[nH]2)C[C@H]1C1CC1. The lowest BCUT2D eigenvalue weighted by Crippen LogP contribution is -2.49. The van der Waals surface area contributed by atoms with Gasteiger partial charge in [0, 0.05) is 12.6 Å². The Morgan fingerprint density at radius 3 is 2.07 bits per heavy atom. The van der Waals surface area contributed by atoms with E-state index in [0.29, 0.717) is 25.0 Å². The maximum Gasteiger partial charge on any atom is 0.416 e. The molecule has 3 aromatic rings.